The predicted octanol–water partition coefficient (Wildman–Crippen LogP) is 2.38. The Morgan fingerprint density at radius 3 is 2.82 bits per heavy atom. The molecule has 4 heteroatoms. The Balaban J connectivity index is 2.95. The minimum Gasteiger partial charge on any atom is -0.383 e. The molecule has 1 aromatic heterocycles. The van der Waals surface area contributed by atoms with Gasteiger partial charge in [0.1, 0.15) is 0 Å². The van der Waals surface area contributed by atoms with Crippen molar-refractivity contribution in [1.29, 1.82) is 0 Å². The van der Waals surface area contributed by atoms with Crippen LogP contribution in [-0.2, 0) is 0 Å². The van der Waals surface area contributed by atoms with Gasteiger partial charge in [0.2, 0.25) is 0 Å². The fourth-order valence-corrected chi connectivity index (χ4v) is 1.58. The highest BCUT2D eigenvalue weighted by Gasteiger charge is 2.18. The molecular weight excluding hydrogens is 214 g/mol. The first kappa shape index (κ1) is 13.5. The molecule has 0 saturated carbocycles. The van der Waals surface area contributed by atoms with E-state index in [2.05, 4.69) is 17.2 Å². The van der Waals surface area contributed by atoms with E-state index in [1.54, 1.807) is 23.4 Å². The molecule has 1 N–H and O–H groups in total. The van der Waals surface area contributed by atoms with Crippen molar-refractivity contribution < 1.29 is 4.79 Å². The lowest BCUT2D eigenvalue weighted by molar-refractivity contribution is 0.0741. The van der Waals surface area contributed by atoms with Crippen molar-refractivity contribution in [2.75, 3.05) is 18.9 Å². The Labute approximate surface area is 103 Å². The van der Waals surface area contributed by atoms with Crippen LogP contribution >= 0.6 is 0 Å². The van der Waals surface area contributed by atoms with Gasteiger partial charge in [0.15, 0.2) is 0 Å². The smallest absolute Gasteiger partial charge is 0.256 e. The largest absolute Gasteiger partial charge is 0.383 e. The van der Waals surface area contributed by atoms with Gasteiger partial charge in [-0.2, -0.15) is 0 Å². The van der Waals surface area contributed by atoms with E-state index < -0.39 is 0 Å². The van der Waals surface area contributed by atoms with Crippen molar-refractivity contribution >= 4 is 11.6 Å². The summed E-state index contributed by atoms with van der Waals surface area (Å²) < 4.78 is 0. The molecule has 0 aliphatic heterocycles. The molecule has 1 atom stereocenters. The first-order chi connectivity index (χ1) is 8.11. The molecule has 94 valence electrons. The topological polar surface area (TPSA) is 45.2 Å². The average Bonchev–Trinajstić information content (AvgIpc) is 2.37. The van der Waals surface area contributed by atoms with Crippen LogP contribution in [0.15, 0.2) is 18.5 Å². The van der Waals surface area contributed by atoms with Gasteiger partial charge in [-0.1, -0.05) is 6.92 Å². The van der Waals surface area contributed by atoms with Crippen LogP contribution in [-0.4, -0.2) is 35.4 Å². The summed E-state index contributed by atoms with van der Waals surface area (Å²) in [5.41, 5.74) is 1.49. The molecule has 1 unspecified atom stereocenters. The number of aromatic nitrogens is 1. The molecule has 0 fully saturated rings. The van der Waals surface area contributed by atoms with Crippen LogP contribution in [0.3, 0.4) is 0 Å². The van der Waals surface area contributed by atoms with E-state index >= 15 is 0 Å². The van der Waals surface area contributed by atoms with Crippen molar-refractivity contribution in [1.82, 2.24) is 9.88 Å². The zero-order chi connectivity index (χ0) is 12.8. The maximum absolute atomic E-state index is 12.3. The first-order valence-corrected chi connectivity index (χ1v) is 6.06. The number of amides is 1. The van der Waals surface area contributed by atoms with Crippen LogP contribution < -0.4 is 5.32 Å². The molecule has 0 aromatic carbocycles. The van der Waals surface area contributed by atoms with Crippen LogP contribution in [0.25, 0.3) is 0 Å². The van der Waals surface area contributed by atoms with Crippen molar-refractivity contribution in [2.24, 2.45) is 0 Å². The van der Waals surface area contributed by atoms with Crippen molar-refractivity contribution in [2.45, 2.75) is 33.2 Å². The minimum atomic E-state index is 0.0395. The molecule has 0 aliphatic rings. The molecule has 1 aromatic rings. The molecule has 1 amide bonds. The van der Waals surface area contributed by atoms with Crippen molar-refractivity contribution in [3.63, 3.8) is 0 Å². The lowest BCUT2D eigenvalue weighted by Gasteiger charge is -2.24. The van der Waals surface area contributed by atoms with Gasteiger partial charge < -0.3 is 10.2 Å². The van der Waals surface area contributed by atoms with E-state index in [4.69, 9.17) is 0 Å². The van der Waals surface area contributed by atoms with Crippen molar-refractivity contribution in [3.8, 4) is 0 Å². The molecule has 1 heterocycles. The average molecular weight is 235 g/mol. The normalized spacial score (nSPS) is 12.0. The third-order valence-electron chi connectivity index (χ3n) is 2.99. The van der Waals surface area contributed by atoms with Gasteiger partial charge in [-0.15, -0.1) is 0 Å². The third-order valence-corrected chi connectivity index (χ3v) is 2.99. The Bertz CT molecular complexity index is 379. The Kier molecular flexibility index (Phi) is 4.94. The standard InChI is InChI=1S/C13H21N3O/c1-5-10(3)16(4)13(17)11-7-8-14-9-12(11)15-6-2/h7-10,15H,5-6H2,1-4H3. The SMILES string of the molecule is CCNc1cnccc1C(=O)N(C)C(C)CC. The van der Waals surface area contributed by atoms with Crippen LogP contribution in [0.1, 0.15) is 37.6 Å². The number of carbonyl (C=O) groups is 1. The number of anilines is 1. The van der Waals surface area contributed by atoms with Gasteiger partial charge in [0.05, 0.1) is 17.4 Å². The van der Waals surface area contributed by atoms with E-state index in [0.29, 0.717) is 5.56 Å². The minimum absolute atomic E-state index is 0.0395. The molecule has 0 saturated heterocycles. The fourth-order valence-electron chi connectivity index (χ4n) is 1.58. The maximum atomic E-state index is 12.3. The summed E-state index contributed by atoms with van der Waals surface area (Å²) in [4.78, 5) is 18.1. The van der Waals surface area contributed by atoms with Crippen LogP contribution in [0.2, 0.25) is 0 Å². The van der Waals surface area contributed by atoms with E-state index in [1.165, 1.54) is 0 Å². The number of carbonyl (C=O) groups excluding carboxylic acids is 1. The van der Waals surface area contributed by atoms with E-state index in [9.17, 15) is 4.79 Å². The summed E-state index contributed by atoms with van der Waals surface area (Å²) in [5.74, 6) is 0.0395. The van der Waals surface area contributed by atoms with E-state index in [0.717, 1.165) is 18.7 Å². The molecule has 17 heavy (non-hydrogen) atoms. The quantitative estimate of drug-likeness (QED) is 0.852. The molecule has 0 spiro atoms. The van der Waals surface area contributed by atoms with Crippen LogP contribution in [0.4, 0.5) is 5.69 Å². The van der Waals surface area contributed by atoms with Crippen LogP contribution in [0, 0.1) is 0 Å². The van der Waals surface area contributed by atoms with Gasteiger partial charge in [-0.05, 0) is 26.3 Å². The number of hydrogen-bond acceptors (Lipinski definition) is 3. The lowest BCUT2D eigenvalue weighted by atomic mass is 10.1. The molecule has 0 bridgehead atoms. The summed E-state index contributed by atoms with van der Waals surface area (Å²) in [6.45, 7) is 6.90. The summed E-state index contributed by atoms with van der Waals surface area (Å²) in [6, 6.07) is 2.00. The number of nitrogens with zero attached hydrogens (tertiary/aromatic N) is 2. The van der Waals surface area contributed by atoms with Crippen LogP contribution in [0.5, 0.6) is 0 Å². The zero-order valence-electron chi connectivity index (χ0n) is 11.0. The van der Waals surface area contributed by atoms with Gasteiger partial charge in [-0.3, -0.25) is 9.78 Å². The van der Waals surface area contributed by atoms with E-state index in [1.807, 2.05) is 20.9 Å². The van der Waals surface area contributed by atoms with Gasteiger partial charge >= 0.3 is 0 Å². The Morgan fingerprint density at radius 2 is 2.24 bits per heavy atom. The zero-order valence-corrected chi connectivity index (χ0v) is 11.0. The predicted molar refractivity (Wildman–Crippen MR) is 70.2 cm³/mol. The summed E-state index contributed by atoms with van der Waals surface area (Å²) in [6.07, 6.45) is 4.30. The molecule has 0 radical (unpaired) electrons. The van der Waals surface area contributed by atoms with Crippen molar-refractivity contribution in [3.05, 3.63) is 24.0 Å². The second kappa shape index (κ2) is 6.23. The Morgan fingerprint density at radius 1 is 1.53 bits per heavy atom. The summed E-state index contributed by atoms with van der Waals surface area (Å²) in [7, 11) is 1.84. The summed E-state index contributed by atoms with van der Waals surface area (Å²) >= 11 is 0. The maximum Gasteiger partial charge on any atom is 0.256 e. The summed E-state index contributed by atoms with van der Waals surface area (Å²) in [5, 5.41) is 3.16. The van der Waals surface area contributed by atoms with Gasteiger partial charge in [0.25, 0.3) is 5.91 Å². The van der Waals surface area contributed by atoms with Gasteiger partial charge in [0, 0.05) is 25.8 Å². The first-order valence-electron chi connectivity index (χ1n) is 6.06. The molecular formula is C13H21N3O. The lowest BCUT2D eigenvalue weighted by Crippen LogP contribution is -2.35. The van der Waals surface area contributed by atoms with Gasteiger partial charge in [-0.25, -0.2) is 0 Å². The number of rotatable bonds is 5. The highest BCUT2D eigenvalue weighted by Crippen LogP contribution is 2.16. The second-order valence-electron chi connectivity index (χ2n) is 4.12. The fraction of sp³-hybridized carbons (Fsp3) is 0.538. The number of pyridine rings is 1. The third kappa shape index (κ3) is 3.19. The molecule has 0 aliphatic carbocycles. The highest BCUT2D eigenvalue weighted by molar-refractivity contribution is 5.99. The molecule has 4 nitrogen and oxygen atoms in total. The highest BCUT2D eigenvalue weighted by atomic mass is 16.2. The monoisotopic (exact) mass is 235 g/mol. The second-order valence-corrected chi connectivity index (χ2v) is 4.12. The van der Waals surface area contributed by atoms with E-state index in [-0.39, 0.29) is 11.9 Å². The molecule has 1 rings (SSSR count). The Hall–Kier alpha value is -1.58. The number of nitrogens with one attached hydrogen (secondary N) is 1. The number of hydrogen-bond donors (Lipinski definition) is 1.